The van der Waals surface area contributed by atoms with Gasteiger partial charge in [-0.25, -0.2) is 0 Å². The average molecular weight is 1020 g/mol. The van der Waals surface area contributed by atoms with Crippen LogP contribution in [-0.4, -0.2) is 37.2 Å². The lowest BCUT2D eigenvalue weighted by Gasteiger charge is -2.18. The van der Waals surface area contributed by atoms with Crippen molar-refractivity contribution in [3.63, 3.8) is 0 Å². The van der Waals surface area contributed by atoms with E-state index in [-0.39, 0.29) is 37.5 Å². The Labute approximate surface area is 453 Å². The van der Waals surface area contributed by atoms with Crippen LogP contribution in [0, 0.1) is 0 Å². The minimum absolute atomic E-state index is 0.0923. The maximum atomic E-state index is 12.9. The van der Waals surface area contributed by atoms with Crippen LogP contribution in [0.3, 0.4) is 0 Å². The standard InChI is InChI=1S/C67H120O6/c1-4-7-10-13-16-19-22-25-28-31-32-33-34-37-39-42-45-48-51-54-57-60-66(69)72-63-64(73-67(70)61-58-55-52-49-46-43-40-36-30-27-24-21-18-15-12-9-6-3)62-71-65(68)59-56-53-50-47-44-41-38-35-29-26-23-20-17-14-11-8-5-2/h9,12,18,21,27,30,40,43,49,52,64H,4-8,10-11,13-17,19-20,22-26,28-29,31-39,41-42,44-48,50-51,53-63H2,1-3H3/b12-9-,21-18-,30-27-,43-40-,52-49-. The summed E-state index contributed by atoms with van der Waals surface area (Å²) in [5, 5.41) is 0. The summed E-state index contributed by atoms with van der Waals surface area (Å²) < 4.78 is 16.9. The van der Waals surface area contributed by atoms with Gasteiger partial charge in [-0.05, 0) is 57.8 Å². The number of unbranched alkanes of at least 4 members (excludes halogenated alkanes) is 37. The Morgan fingerprint density at radius 2 is 0.534 bits per heavy atom. The SMILES string of the molecule is CC/C=C\C/C=C\C/C=C\C/C=C\C/C=C\CCCC(=O)OC(COC(=O)CCCCCCCCCCCCCCCCCCC)COC(=O)CCCCCCCCCCCCCCCCCCCCCCC. The van der Waals surface area contributed by atoms with Crippen LogP contribution in [0.4, 0.5) is 0 Å². The fraction of sp³-hybridized carbons (Fsp3) is 0.806. The van der Waals surface area contributed by atoms with E-state index in [1.807, 2.05) is 0 Å². The second-order valence-electron chi connectivity index (χ2n) is 21.3. The first-order valence-electron chi connectivity index (χ1n) is 31.8. The Hall–Kier alpha value is -2.89. The highest BCUT2D eigenvalue weighted by Crippen LogP contribution is 2.18. The molecule has 0 spiro atoms. The molecule has 6 heteroatoms. The number of hydrogen-bond acceptors (Lipinski definition) is 6. The number of carbonyl (C=O) groups excluding carboxylic acids is 3. The van der Waals surface area contributed by atoms with Crippen LogP contribution in [-0.2, 0) is 28.6 Å². The summed E-state index contributed by atoms with van der Waals surface area (Å²) in [6, 6.07) is 0. The largest absolute Gasteiger partial charge is 0.462 e. The second-order valence-corrected chi connectivity index (χ2v) is 21.3. The van der Waals surface area contributed by atoms with Crippen molar-refractivity contribution in [1.29, 1.82) is 0 Å². The molecule has 0 heterocycles. The minimum Gasteiger partial charge on any atom is -0.462 e. The van der Waals surface area contributed by atoms with Crippen molar-refractivity contribution in [3.8, 4) is 0 Å². The Morgan fingerprint density at radius 1 is 0.288 bits per heavy atom. The zero-order valence-corrected chi connectivity index (χ0v) is 48.7. The molecule has 0 aromatic carbocycles. The molecule has 0 saturated heterocycles. The Bertz CT molecular complexity index is 1310. The van der Waals surface area contributed by atoms with Crippen molar-refractivity contribution < 1.29 is 28.6 Å². The molecule has 1 atom stereocenters. The molecule has 1 unspecified atom stereocenters. The van der Waals surface area contributed by atoms with E-state index in [9.17, 15) is 14.4 Å². The number of ether oxygens (including phenoxy) is 3. The molecule has 0 aromatic heterocycles. The van der Waals surface area contributed by atoms with E-state index >= 15 is 0 Å². The van der Waals surface area contributed by atoms with Crippen molar-refractivity contribution in [2.45, 2.75) is 335 Å². The van der Waals surface area contributed by atoms with Gasteiger partial charge in [-0.2, -0.15) is 0 Å². The molecular weight excluding hydrogens is 901 g/mol. The third kappa shape index (κ3) is 59.9. The van der Waals surface area contributed by atoms with Gasteiger partial charge in [0, 0.05) is 19.3 Å². The van der Waals surface area contributed by atoms with Crippen molar-refractivity contribution in [3.05, 3.63) is 60.8 Å². The van der Waals surface area contributed by atoms with Gasteiger partial charge in [-0.3, -0.25) is 14.4 Å². The van der Waals surface area contributed by atoms with Gasteiger partial charge >= 0.3 is 17.9 Å². The van der Waals surface area contributed by atoms with Crippen LogP contribution in [0.15, 0.2) is 60.8 Å². The van der Waals surface area contributed by atoms with Gasteiger partial charge in [0.1, 0.15) is 13.2 Å². The maximum absolute atomic E-state index is 12.9. The van der Waals surface area contributed by atoms with Crippen LogP contribution in [0.2, 0.25) is 0 Å². The van der Waals surface area contributed by atoms with Crippen molar-refractivity contribution in [1.82, 2.24) is 0 Å². The predicted octanol–water partition coefficient (Wildman–Crippen LogP) is 21.6. The van der Waals surface area contributed by atoms with Crippen LogP contribution in [0.5, 0.6) is 0 Å². The van der Waals surface area contributed by atoms with Gasteiger partial charge in [0.15, 0.2) is 6.10 Å². The predicted molar refractivity (Wildman–Crippen MR) is 316 cm³/mol. The second kappa shape index (κ2) is 61.7. The summed E-state index contributed by atoms with van der Waals surface area (Å²) in [5.74, 6) is -0.930. The molecule has 0 saturated carbocycles. The molecule has 0 bridgehead atoms. The fourth-order valence-electron chi connectivity index (χ4n) is 9.31. The van der Waals surface area contributed by atoms with E-state index < -0.39 is 6.10 Å². The summed E-state index contributed by atoms with van der Waals surface area (Å²) in [4.78, 5) is 38.3. The van der Waals surface area contributed by atoms with Crippen LogP contribution in [0.1, 0.15) is 329 Å². The summed E-state index contributed by atoms with van der Waals surface area (Å²) in [5.41, 5.74) is 0. The molecule has 424 valence electrons. The molecule has 0 aromatic rings. The highest BCUT2D eigenvalue weighted by molar-refractivity contribution is 5.71. The van der Waals surface area contributed by atoms with Gasteiger partial charge in [0.2, 0.25) is 0 Å². The molecular formula is C67H120O6. The zero-order valence-electron chi connectivity index (χ0n) is 48.7. The quantitative estimate of drug-likeness (QED) is 0.0261. The maximum Gasteiger partial charge on any atom is 0.306 e. The molecule has 0 aliphatic rings. The van der Waals surface area contributed by atoms with Crippen LogP contribution >= 0.6 is 0 Å². The van der Waals surface area contributed by atoms with Crippen molar-refractivity contribution in [2.24, 2.45) is 0 Å². The smallest absolute Gasteiger partial charge is 0.306 e. The van der Waals surface area contributed by atoms with Crippen molar-refractivity contribution >= 4 is 17.9 Å². The van der Waals surface area contributed by atoms with Gasteiger partial charge in [-0.1, -0.05) is 313 Å². The first-order chi connectivity index (χ1) is 36.0. The molecule has 0 aliphatic heterocycles. The highest BCUT2D eigenvalue weighted by atomic mass is 16.6. The molecule has 73 heavy (non-hydrogen) atoms. The fourth-order valence-corrected chi connectivity index (χ4v) is 9.31. The van der Waals surface area contributed by atoms with E-state index in [2.05, 4.69) is 81.5 Å². The lowest BCUT2D eigenvalue weighted by Crippen LogP contribution is -2.30. The van der Waals surface area contributed by atoms with Crippen molar-refractivity contribution in [2.75, 3.05) is 13.2 Å². The molecule has 0 fully saturated rings. The lowest BCUT2D eigenvalue weighted by molar-refractivity contribution is -0.167. The summed E-state index contributed by atoms with van der Waals surface area (Å²) >= 11 is 0. The molecule has 0 N–H and O–H groups in total. The highest BCUT2D eigenvalue weighted by Gasteiger charge is 2.19. The lowest BCUT2D eigenvalue weighted by atomic mass is 10.0. The van der Waals surface area contributed by atoms with Crippen LogP contribution in [0.25, 0.3) is 0 Å². The Morgan fingerprint density at radius 3 is 0.822 bits per heavy atom. The average Bonchev–Trinajstić information content (AvgIpc) is 3.39. The Kier molecular flexibility index (Phi) is 59.2. The van der Waals surface area contributed by atoms with Gasteiger partial charge in [0.05, 0.1) is 0 Å². The minimum atomic E-state index is -0.802. The third-order valence-electron chi connectivity index (χ3n) is 14.0. The van der Waals surface area contributed by atoms with Gasteiger partial charge in [0.25, 0.3) is 0 Å². The first kappa shape index (κ1) is 70.1. The summed E-state index contributed by atoms with van der Waals surface area (Å²) in [7, 11) is 0. The number of rotatable bonds is 58. The number of hydrogen-bond donors (Lipinski definition) is 0. The Balaban J connectivity index is 4.38. The summed E-state index contributed by atoms with van der Waals surface area (Å²) in [6.07, 6.45) is 78.1. The van der Waals surface area contributed by atoms with Gasteiger partial charge < -0.3 is 14.2 Å². The molecule has 6 nitrogen and oxygen atoms in total. The monoisotopic (exact) mass is 1020 g/mol. The first-order valence-corrected chi connectivity index (χ1v) is 31.8. The normalized spacial score (nSPS) is 12.4. The number of carbonyl (C=O) groups is 3. The van der Waals surface area contributed by atoms with E-state index in [0.717, 1.165) is 77.0 Å². The molecule has 0 rings (SSSR count). The third-order valence-corrected chi connectivity index (χ3v) is 14.0. The topological polar surface area (TPSA) is 78.9 Å². The molecule has 0 aliphatic carbocycles. The molecule has 0 radical (unpaired) electrons. The summed E-state index contributed by atoms with van der Waals surface area (Å²) in [6.45, 7) is 6.54. The van der Waals surface area contributed by atoms with Gasteiger partial charge in [-0.15, -0.1) is 0 Å². The van der Waals surface area contributed by atoms with Crippen LogP contribution < -0.4 is 0 Å². The zero-order chi connectivity index (χ0) is 52.9. The van der Waals surface area contributed by atoms with E-state index in [1.54, 1.807) is 0 Å². The van der Waals surface area contributed by atoms with E-state index in [1.165, 1.54) is 205 Å². The van der Waals surface area contributed by atoms with E-state index in [4.69, 9.17) is 14.2 Å². The molecule has 0 amide bonds. The number of allylic oxidation sites excluding steroid dienone is 10. The van der Waals surface area contributed by atoms with E-state index in [0.29, 0.717) is 19.3 Å². The number of esters is 3.